The summed E-state index contributed by atoms with van der Waals surface area (Å²) in [7, 11) is -1.03. The number of hydrogen-bond donors (Lipinski definition) is 0. The Hall–Kier alpha value is 0.774. The van der Waals surface area contributed by atoms with Crippen LogP contribution < -0.4 is 18.9 Å². The molecule has 0 saturated heterocycles. The van der Waals surface area contributed by atoms with Crippen molar-refractivity contribution in [2.45, 2.75) is 59.2 Å². The fourth-order valence-corrected chi connectivity index (χ4v) is 3.14. The molecule has 0 bridgehead atoms. The summed E-state index contributed by atoms with van der Waals surface area (Å²) in [5, 5.41) is 0. The van der Waals surface area contributed by atoms with E-state index in [9.17, 15) is 0 Å². The molecular weight excluding hydrogens is 181 g/mol. The van der Waals surface area contributed by atoms with E-state index < -0.39 is 8.24 Å². The van der Waals surface area contributed by atoms with Crippen LogP contribution in [0.15, 0.2) is 0 Å². The van der Waals surface area contributed by atoms with Crippen LogP contribution in [0.2, 0.25) is 19.6 Å². The standard InChI is InChI=1S/C11H27NSi.Li.H/c1-6-8-10-12(11-9-7-2)13(3,4)5;;/h6-11H2,1-5H3;;/q;+1;-1. The van der Waals surface area contributed by atoms with Gasteiger partial charge in [-0.2, -0.15) is 0 Å². The topological polar surface area (TPSA) is 3.24 Å². The maximum atomic E-state index is 2.75. The second-order valence-electron chi connectivity index (χ2n) is 4.86. The smallest absolute Gasteiger partial charge is 1.00 e. The minimum atomic E-state index is -1.03. The second kappa shape index (κ2) is 9.03. The molecule has 1 nitrogen and oxygen atoms in total. The maximum absolute atomic E-state index is 2.75. The van der Waals surface area contributed by atoms with Gasteiger partial charge in [0.2, 0.25) is 0 Å². The number of nitrogens with zero attached hydrogens (tertiary/aromatic N) is 1. The summed E-state index contributed by atoms with van der Waals surface area (Å²) in [6.07, 6.45) is 5.39. The van der Waals surface area contributed by atoms with Crippen LogP contribution in [0, 0.1) is 0 Å². The van der Waals surface area contributed by atoms with E-state index in [2.05, 4.69) is 38.1 Å². The predicted molar refractivity (Wildman–Crippen MR) is 65.8 cm³/mol. The van der Waals surface area contributed by atoms with E-state index in [-0.39, 0.29) is 20.3 Å². The molecule has 0 aliphatic carbocycles. The van der Waals surface area contributed by atoms with Crippen LogP contribution in [0.1, 0.15) is 41.0 Å². The van der Waals surface area contributed by atoms with Crippen LogP contribution in [0.25, 0.3) is 0 Å². The van der Waals surface area contributed by atoms with Crippen molar-refractivity contribution in [3.63, 3.8) is 0 Å². The molecule has 3 heteroatoms. The number of hydrogen-bond acceptors (Lipinski definition) is 1. The molecule has 0 rings (SSSR count). The van der Waals surface area contributed by atoms with Gasteiger partial charge in [0, 0.05) is 0 Å². The monoisotopic (exact) mass is 209 g/mol. The van der Waals surface area contributed by atoms with Crippen LogP contribution in [0.5, 0.6) is 0 Å². The maximum Gasteiger partial charge on any atom is 1.00 e. The van der Waals surface area contributed by atoms with Crippen LogP contribution in [-0.2, 0) is 0 Å². The van der Waals surface area contributed by atoms with Crippen molar-refractivity contribution in [3.05, 3.63) is 0 Å². The summed E-state index contributed by atoms with van der Waals surface area (Å²) in [5.41, 5.74) is 0. The summed E-state index contributed by atoms with van der Waals surface area (Å²) in [4.78, 5) is 0. The molecule has 0 aromatic carbocycles. The Morgan fingerprint density at radius 2 is 1.29 bits per heavy atom. The number of rotatable bonds is 7. The summed E-state index contributed by atoms with van der Waals surface area (Å²) in [6.45, 7) is 14.6. The van der Waals surface area contributed by atoms with Crippen LogP contribution >= 0.6 is 0 Å². The Balaban J connectivity index is -0.000000720. The minimum absolute atomic E-state index is 0. The van der Waals surface area contributed by atoms with Crippen LogP contribution in [0.4, 0.5) is 0 Å². The fourth-order valence-electron chi connectivity index (χ4n) is 1.48. The van der Waals surface area contributed by atoms with Gasteiger partial charge in [0.25, 0.3) is 0 Å². The molecule has 0 amide bonds. The van der Waals surface area contributed by atoms with E-state index in [4.69, 9.17) is 0 Å². The van der Waals surface area contributed by atoms with Crippen LogP contribution in [-0.4, -0.2) is 25.9 Å². The van der Waals surface area contributed by atoms with Crippen molar-refractivity contribution < 1.29 is 20.3 Å². The van der Waals surface area contributed by atoms with Crippen molar-refractivity contribution in [2.75, 3.05) is 13.1 Å². The molecule has 0 atom stereocenters. The van der Waals surface area contributed by atoms with Crippen molar-refractivity contribution >= 4 is 8.24 Å². The molecule has 14 heavy (non-hydrogen) atoms. The molecule has 0 heterocycles. The molecule has 0 aliphatic heterocycles. The Bertz CT molecular complexity index is 120. The molecule has 0 unspecified atom stereocenters. The van der Waals surface area contributed by atoms with E-state index >= 15 is 0 Å². The van der Waals surface area contributed by atoms with Crippen molar-refractivity contribution in [3.8, 4) is 0 Å². The van der Waals surface area contributed by atoms with Gasteiger partial charge >= 0.3 is 18.9 Å². The van der Waals surface area contributed by atoms with Gasteiger partial charge in [-0.05, 0) is 25.9 Å². The zero-order valence-electron chi connectivity index (χ0n) is 12.2. The third-order valence-electron chi connectivity index (χ3n) is 2.51. The first-order chi connectivity index (χ1) is 6.02. The van der Waals surface area contributed by atoms with Crippen LogP contribution in [0.3, 0.4) is 0 Å². The average molecular weight is 209 g/mol. The van der Waals surface area contributed by atoms with Crippen molar-refractivity contribution in [2.24, 2.45) is 0 Å². The zero-order chi connectivity index (χ0) is 10.3. The molecule has 0 spiro atoms. The van der Waals surface area contributed by atoms with Gasteiger partial charge in [-0.25, -0.2) is 0 Å². The van der Waals surface area contributed by atoms with E-state index in [0.29, 0.717) is 0 Å². The largest absolute Gasteiger partial charge is 1.00 e. The SMILES string of the molecule is CCCCN(CCCC)[Si](C)(C)C.[H-].[Li+]. The molecular formula is C11H28LiNSi. The summed E-state index contributed by atoms with van der Waals surface area (Å²) >= 11 is 0. The fraction of sp³-hybridized carbons (Fsp3) is 1.00. The second-order valence-corrected chi connectivity index (χ2v) is 9.84. The molecule has 0 aliphatic rings. The molecule has 0 aromatic heterocycles. The first kappa shape index (κ1) is 17.2. The Labute approximate surface area is 105 Å². The van der Waals surface area contributed by atoms with Gasteiger partial charge in [-0.15, -0.1) is 0 Å². The minimum Gasteiger partial charge on any atom is -1.00 e. The summed E-state index contributed by atoms with van der Waals surface area (Å²) in [6, 6.07) is 0. The van der Waals surface area contributed by atoms with E-state index in [1.165, 1.54) is 38.8 Å². The molecule has 0 radical (unpaired) electrons. The van der Waals surface area contributed by atoms with Gasteiger partial charge in [-0.1, -0.05) is 46.3 Å². The van der Waals surface area contributed by atoms with Gasteiger partial charge in [0.05, 0.1) is 0 Å². The molecule has 0 saturated carbocycles. The first-order valence-electron chi connectivity index (χ1n) is 5.77. The van der Waals surface area contributed by atoms with E-state index in [1.807, 2.05) is 0 Å². The normalized spacial score (nSPS) is 11.6. The van der Waals surface area contributed by atoms with Gasteiger partial charge in [0.1, 0.15) is 8.24 Å². The van der Waals surface area contributed by atoms with E-state index in [1.54, 1.807) is 0 Å². The Morgan fingerprint density at radius 1 is 0.929 bits per heavy atom. The summed E-state index contributed by atoms with van der Waals surface area (Å²) < 4.78 is 2.75. The van der Waals surface area contributed by atoms with Gasteiger partial charge < -0.3 is 5.99 Å². The van der Waals surface area contributed by atoms with E-state index in [0.717, 1.165) is 0 Å². The van der Waals surface area contributed by atoms with Crippen molar-refractivity contribution in [1.82, 2.24) is 4.57 Å². The zero-order valence-corrected chi connectivity index (χ0v) is 12.2. The Morgan fingerprint density at radius 3 is 1.50 bits per heavy atom. The predicted octanol–water partition coefficient (Wildman–Crippen LogP) is 0.840. The third-order valence-corrected chi connectivity index (χ3v) is 4.86. The quantitative estimate of drug-likeness (QED) is 0.562. The average Bonchev–Trinajstić information content (AvgIpc) is 2.02. The van der Waals surface area contributed by atoms with Crippen molar-refractivity contribution in [1.29, 1.82) is 0 Å². The van der Waals surface area contributed by atoms with Gasteiger partial charge in [0.15, 0.2) is 0 Å². The first-order valence-corrected chi connectivity index (χ1v) is 9.22. The number of unbranched alkanes of at least 4 members (excludes halogenated alkanes) is 2. The summed E-state index contributed by atoms with van der Waals surface area (Å²) in [5.74, 6) is 0. The molecule has 0 N–H and O–H groups in total. The molecule has 82 valence electrons. The third kappa shape index (κ3) is 8.11. The molecule has 0 fully saturated rings. The molecule has 0 aromatic rings. The Kier molecular flexibility index (Phi) is 11.1. The van der Waals surface area contributed by atoms with Gasteiger partial charge in [-0.3, -0.25) is 0 Å².